The minimum Gasteiger partial charge on any atom is -0.348 e. The molecule has 1 rings (SSSR count). The molecule has 2 heteroatoms. The number of allylic oxidation sites excluding steroid dienone is 2. The molecule has 0 unspecified atom stereocenters. The van der Waals surface area contributed by atoms with Crippen molar-refractivity contribution in [3.63, 3.8) is 0 Å². The lowest BCUT2D eigenvalue weighted by Crippen LogP contribution is -2.27. The van der Waals surface area contributed by atoms with Gasteiger partial charge in [-0.1, -0.05) is 24.8 Å². The highest BCUT2D eigenvalue weighted by Gasteiger charge is 2.18. The molecular weight excluding hydrogens is 184 g/mol. The summed E-state index contributed by atoms with van der Waals surface area (Å²) in [6.45, 7) is 6.42. The standard InChI is InChI=1S/C13H24N2/c1-10(2)13(15-11(3)14-4)12-8-6-5-7-9-12/h12H,5-9H2,1-4H3,(H,14,15). The Morgan fingerprint density at radius 3 is 2.13 bits per heavy atom. The van der Waals surface area contributed by atoms with Gasteiger partial charge in [0.05, 0.1) is 5.84 Å². The van der Waals surface area contributed by atoms with E-state index in [9.17, 15) is 0 Å². The smallest absolute Gasteiger partial charge is 0.0969 e. The van der Waals surface area contributed by atoms with Crippen LogP contribution in [0.25, 0.3) is 0 Å². The lowest BCUT2D eigenvalue weighted by Gasteiger charge is -2.26. The van der Waals surface area contributed by atoms with Crippen LogP contribution in [0, 0.1) is 5.92 Å². The van der Waals surface area contributed by atoms with Crippen LogP contribution in [0.15, 0.2) is 16.3 Å². The second kappa shape index (κ2) is 5.94. The molecule has 1 aliphatic carbocycles. The van der Waals surface area contributed by atoms with Gasteiger partial charge in [0.25, 0.3) is 0 Å². The zero-order valence-corrected chi connectivity index (χ0v) is 10.6. The molecule has 1 saturated carbocycles. The van der Waals surface area contributed by atoms with Crippen LogP contribution in [0.5, 0.6) is 0 Å². The molecule has 86 valence electrons. The Morgan fingerprint density at radius 1 is 1.07 bits per heavy atom. The number of nitrogens with one attached hydrogen (secondary N) is 1. The first kappa shape index (κ1) is 12.3. The molecule has 0 amide bonds. The highest BCUT2D eigenvalue weighted by atomic mass is 15.0. The highest BCUT2D eigenvalue weighted by molar-refractivity contribution is 5.81. The average Bonchev–Trinajstić information content (AvgIpc) is 2.26. The monoisotopic (exact) mass is 208 g/mol. The molecular formula is C13H24N2. The van der Waals surface area contributed by atoms with Gasteiger partial charge in [0.15, 0.2) is 0 Å². The summed E-state index contributed by atoms with van der Waals surface area (Å²) in [5, 5.41) is 3.47. The molecule has 0 aromatic heterocycles. The highest BCUT2D eigenvalue weighted by Crippen LogP contribution is 2.29. The van der Waals surface area contributed by atoms with Crippen molar-refractivity contribution in [2.24, 2.45) is 10.9 Å². The Morgan fingerprint density at radius 2 is 1.67 bits per heavy atom. The van der Waals surface area contributed by atoms with E-state index in [0.717, 1.165) is 11.8 Å². The van der Waals surface area contributed by atoms with Crippen molar-refractivity contribution >= 4 is 5.84 Å². The molecule has 0 saturated heterocycles. The van der Waals surface area contributed by atoms with Crippen molar-refractivity contribution in [1.82, 2.24) is 5.32 Å². The average molecular weight is 208 g/mol. The first-order valence-corrected chi connectivity index (χ1v) is 6.03. The van der Waals surface area contributed by atoms with Crippen LogP contribution >= 0.6 is 0 Å². The van der Waals surface area contributed by atoms with Gasteiger partial charge >= 0.3 is 0 Å². The molecule has 1 aliphatic rings. The molecule has 1 N–H and O–H groups in total. The second-order valence-corrected chi connectivity index (χ2v) is 4.68. The first-order valence-electron chi connectivity index (χ1n) is 6.03. The van der Waals surface area contributed by atoms with Crippen molar-refractivity contribution in [3.8, 4) is 0 Å². The topological polar surface area (TPSA) is 24.4 Å². The van der Waals surface area contributed by atoms with Gasteiger partial charge in [-0.25, -0.2) is 0 Å². The maximum absolute atomic E-state index is 4.18. The largest absolute Gasteiger partial charge is 0.348 e. The van der Waals surface area contributed by atoms with Gasteiger partial charge in [0.1, 0.15) is 0 Å². The lowest BCUT2D eigenvalue weighted by molar-refractivity contribution is 0.392. The summed E-state index contributed by atoms with van der Waals surface area (Å²) in [6, 6.07) is 0. The van der Waals surface area contributed by atoms with E-state index in [1.54, 1.807) is 0 Å². The number of aliphatic imine (C=N–C) groups is 1. The van der Waals surface area contributed by atoms with E-state index in [4.69, 9.17) is 0 Å². The normalized spacial score (nSPS) is 18.8. The van der Waals surface area contributed by atoms with Crippen LogP contribution in [0.2, 0.25) is 0 Å². The molecule has 0 spiro atoms. The summed E-state index contributed by atoms with van der Waals surface area (Å²) < 4.78 is 0. The molecule has 0 bridgehead atoms. The summed E-state index contributed by atoms with van der Waals surface area (Å²) in [6.07, 6.45) is 6.85. The Kier molecular flexibility index (Phi) is 4.86. The van der Waals surface area contributed by atoms with Gasteiger partial charge in [-0.2, -0.15) is 0 Å². The number of hydrogen-bond acceptors (Lipinski definition) is 1. The van der Waals surface area contributed by atoms with Crippen LogP contribution in [0.3, 0.4) is 0 Å². The van der Waals surface area contributed by atoms with E-state index in [2.05, 4.69) is 24.2 Å². The number of nitrogens with zero attached hydrogens (tertiary/aromatic N) is 1. The van der Waals surface area contributed by atoms with Gasteiger partial charge in [0.2, 0.25) is 0 Å². The number of hydrogen-bond donors (Lipinski definition) is 1. The van der Waals surface area contributed by atoms with Gasteiger partial charge in [-0.05, 0) is 39.5 Å². The minimum absolute atomic E-state index is 0.737. The van der Waals surface area contributed by atoms with Crippen LogP contribution in [-0.4, -0.2) is 12.9 Å². The van der Waals surface area contributed by atoms with E-state index in [1.807, 2.05) is 14.0 Å². The molecule has 0 atom stereocenters. The first-order chi connectivity index (χ1) is 7.15. The Labute approximate surface area is 93.9 Å². The molecule has 0 aliphatic heterocycles. The Hall–Kier alpha value is -0.790. The molecule has 0 radical (unpaired) electrons. The summed E-state index contributed by atoms with van der Waals surface area (Å²) in [5.74, 6) is 1.76. The number of rotatable bonds is 2. The van der Waals surface area contributed by atoms with Crippen LogP contribution in [-0.2, 0) is 0 Å². The van der Waals surface area contributed by atoms with Crippen molar-refractivity contribution < 1.29 is 0 Å². The quantitative estimate of drug-likeness (QED) is 0.545. The third kappa shape index (κ3) is 3.69. The van der Waals surface area contributed by atoms with Crippen LogP contribution < -0.4 is 5.32 Å². The third-order valence-corrected chi connectivity index (χ3v) is 3.20. The summed E-state index contributed by atoms with van der Waals surface area (Å²) in [5.41, 5.74) is 2.82. The van der Waals surface area contributed by atoms with E-state index in [1.165, 1.54) is 43.4 Å². The molecule has 1 fully saturated rings. The third-order valence-electron chi connectivity index (χ3n) is 3.20. The fraction of sp³-hybridized carbons (Fsp3) is 0.769. The maximum Gasteiger partial charge on any atom is 0.0969 e. The molecule has 15 heavy (non-hydrogen) atoms. The Balaban J connectivity index is 2.70. The summed E-state index contributed by atoms with van der Waals surface area (Å²) in [7, 11) is 1.84. The van der Waals surface area contributed by atoms with Gasteiger partial charge in [-0.3, -0.25) is 4.99 Å². The van der Waals surface area contributed by atoms with Crippen molar-refractivity contribution in [2.45, 2.75) is 52.9 Å². The van der Waals surface area contributed by atoms with Gasteiger partial charge in [0, 0.05) is 12.7 Å². The molecule has 0 aromatic rings. The predicted molar refractivity (Wildman–Crippen MR) is 67.1 cm³/mol. The van der Waals surface area contributed by atoms with Gasteiger partial charge in [-0.15, -0.1) is 0 Å². The lowest BCUT2D eigenvalue weighted by atomic mass is 9.85. The fourth-order valence-electron chi connectivity index (χ4n) is 2.28. The SMILES string of the molecule is CN=C(C)NC(=C(C)C)C1CCCCC1. The van der Waals surface area contributed by atoms with Crippen LogP contribution in [0.1, 0.15) is 52.9 Å². The van der Waals surface area contributed by atoms with E-state index < -0.39 is 0 Å². The molecule has 2 nitrogen and oxygen atoms in total. The maximum atomic E-state index is 4.18. The Bertz CT molecular complexity index is 254. The van der Waals surface area contributed by atoms with Gasteiger partial charge < -0.3 is 5.32 Å². The van der Waals surface area contributed by atoms with E-state index >= 15 is 0 Å². The van der Waals surface area contributed by atoms with Crippen molar-refractivity contribution in [2.75, 3.05) is 7.05 Å². The predicted octanol–water partition coefficient (Wildman–Crippen LogP) is 3.50. The number of amidine groups is 1. The van der Waals surface area contributed by atoms with Crippen molar-refractivity contribution in [3.05, 3.63) is 11.3 Å². The molecule has 0 aromatic carbocycles. The van der Waals surface area contributed by atoms with E-state index in [0.29, 0.717) is 0 Å². The van der Waals surface area contributed by atoms with E-state index in [-0.39, 0.29) is 0 Å². The van der Waals surface area contributed by atoms with Crippen LogP contribution in [0.4, 0.5) is 0 Å². The minimum atomic E-state index is 0.737. The second-order valence-electron chi connectivity index (χ2n) is 4.68. The zero-order chi connectivity index (χ0) is 11.3. The zero-order valence-electron chi connectivity index (χ0n) is 10.6. The fourth-order valence-corrected chi connectivity index (χ4v) is 2.28. The molecule has 0 heterocycles. The summed E-state index contributed by atoms with van der Waals surface area (Å²) in [4.78, 5) is 4.18. The summed E-state index contributed by atoms with van der Waals surface area (Å²) >= 11 is 0. The van der Waals surface area contributed by atoms with Crippen molar-refractivity contribution in [1.29, 1.82) is 0 Å².